The van der Waals surface area contributed by atoms with Gasteiger partial charge in [-0.2, -0.15) is 15.0 Å². The van der Waals surface area contributed by atoms with Crippen molar-refractivity contribution < 1.29 is 0 Å². The van der Waals surface area contributed by atoms with Gasteiger partial charge in [-0.05, 0) is 6.92 Å². The number of alkyl halides is 1. The first-order valence-electron chi connectivity index (χ1n) is 2.25. The Morgan fingerprint density at radius 3 is 2.88 bits per heavy atom. The van der Waals surface area contributed by atoms with E-state index in [0.717, 1.165) is 10.2 Å². The van der Waals surface area contributed by atoms with E-state index in [-0.39, 0.29) is 0 Å². The van der Waals surface area contributed by atoms with E-state index in [9.17, 15) is 0 Å². The van der Waals surface area contributed by atoms with Gasteiger partial charge in [-0.15, -0.1) is 0 Å². The maximum atomic E-state index is 4.03. The molecule has 3 nitrogen and oxygen atoms in total. The summed E-state index contributed by atoms with van der Waals surface area (Å²) in [5.41, 5.74) is 0.974. The minimum atomic E-state index is 0.825. The Kier molecular flexibility index (Phi) is 1.82. The van der Waals surface area contributed by atoms with Gasteiger partial charge in [0.25, 0.3) is 0 Å². The highest BCUT2D eigenvalue weighted by Crippen LogP contribution is 1.90. The lowest BCUT2D eigenvalue weighted by Gasteiger charge is -1.84. The summed E-state index contributed by atoms with van der Waals surface area (Å²) in [5, 5.41) is 7.96. The van der Waals surface area contributed by atoms with Crippen LogP contribution in [-0.4, -0.2) is 15.0 Å². The molecule has 0 saturated carbocycles. The minimum absolute atomic E-state index is 0.825. The summed E-state index contributed by atoms with van der Waals surface area (Å²) >= 11 is 2.20. The molecule has 0 aliphatic carbocycles. The fraction of sp³-hybridized carbons (Fsp3) is 0.500. The molecule has 1 aromatic heterocycles. The van der Waals surface area contributed by atoms with Crippen LogP contribution in [0.25, 0.3) is 0 Å². The van der Waals surface area contributed by atoms with Gasteiger partial charge in [0.05, 0.1) is 11.9 Å². The Morgan fingerprint density at radius 1 is 1.88 bits per heavy atom. The summed E-state index contributed by atoms with van der Waals surface area (Å²) in [5.74, 6) is 0. The molecule has 4 heteroatoms. The maximum absolute atomic E-state index is 4.03. The number of halogens is 1. The quantitative estimate of drug-likeness (QED) is 0.524. The Bertz CT molecular complexity index is 172. The second kappa shape index (κ2) is 2.43. The normalized spacial score (nSPS) is 9.75. The van der Waals surface area contributed by atoms with Crippen molar-refractivity contribution in [1.82, 2.24) is 15.0 Å². The molecule has 0 aromatic carbocycles. The standard InChI is InChI=1S/C4H6IN3/c1-4-2-6-8(3-5)7-4/h2H,3H2,1H3. The molecule has 0 atom stereocenters. The molecule has 1 heterocycles. The monoisotopic (exact) mass is 223 g/mol. The van der Waals surface area contributed by atoms with Crippen LogP contribution in [0.15, 0.2) is 6.20 Å². The van der Waals surface area contributed by atoms with E-state index < -0.39 is 0 Å². The van der Waals surface area contributed by atoms with E-state index in [4.69, 9.17) is 0 Å². The molecule has 44 valence electrons. The fourth-order valence-corrected chi connectivity index (χ4v) is 0.770. The third-order valence-corrected chi connectivity index (χ3v) is 1.37. The lowest BCUT2D eigenvalue weighted by molar-refractivity contribution is 0.649. The van der Waals surface area contributed by atoms with Crippen molar-refractivity contribution in [1.29, 1.82) is 0 Å². The van der Waals surface area contributed by atoms with Crippen LogP contribution in [0.2, 0.25) is 0 Å². The molecule has 0 saturated heterocycles. The molecular weight excluding hydrogens is 217 g/mol. The average Bonchev–Trinajstić information content (AvgIpc) is 2.14. The lowest BCUT2D eigenvalue weighted by Crippen LogP contribution is -1.95. The van der Waals surface area contributed by atoms with Crippen molar-refractivity contribution in [3.8, 4) is 0 Å². The van der Waals surface area contributed by atoms with E-state index >= 15 is 0 Å². The summed E-state index contributed by atoms with van der Waals surface area (Å²) in [6.07, 6.45) is 1.75. The van der Waals surface area contributed by atoms with Crippen LogP contribution in [0.1, 0.15) is 5.69 Å². The topological polar surface area (TPSA) is 30.7 Å². The first-order chi connectivity index (χ1) is 3.83. The van der Waals surface area contributed by atoms with Crippen LogP contribution in [0, 0.1) is 6.92 Å². The van der Waals surface area contributed by atoms with Gasteiger partial charge in [0.2, 0.25) is 0 Å². The van der Waals surface area contributed by atoms with E-state index in [1.165, 1.54) is 0 Å². The second-order valence-electron chi connectivity index (χ2n) is 1.48. The summed E-state index contributed by atoms with van der Waals surface area (Å²) < 4.78 is 0.825. The van der Waals surface area contributed by atoms with Gasteiger partial charge in [-0.25, -0.2) is 0 Å². The zero-order valence-electron chi connectivity index (χ0n) is 4.50. The summed E-state index contributed by atoms with van der Waals surface area (Å²) in [7, 11) is 0. The molecule has 0 aliphatic heterocycles. The molecule has 8 heavy (non-hydrogen) atoms. The molecular formula is C4H6IN3. The second-order valence-corrected chi connectivity index (χ2v) is 2.16. The first kappa shape index (κ1) is 6.00. The molecule has 0 N–H and O–H groups in total. The van der Waals surface area contributed by atoms with Crippen molar-refractivity contribution in [2.75, 3.05) is 0 Å². The predicted octanol–water partition coefficient (Wildman–Crippen LogP) is 0.979. The Morgan fingerprint density at radius 2 is 2.62 bits per heavy atom. The molecule has 0 spiro atoms. The maximum Gasteiger partial charge on any atom is 0.112 e. The van der Waals surface area contributed by atoms with Crippen LogP contribution in [-0.2, 0) is 4.55 Å². The van der Waals surface area contributed by atoms with Crippen LogP contribution < -0.4 is 0 Å². The SMILES string of the molecule is Cc1cnn(CI)n1. The van der Waals surface area contributed by atoms with Gasteiger partial charge < -0.3 is 0 Å². The fourth-order valence-electron chi connectivity index (χ4n) is 0.442. The third kappa shape index (κ3) is 1.18. The van der Waals surface area contributed by atoms with Crippen molar-refractivity contribution in [2.45, 2.75) is 11.5 Å². The molecule has 1 rings (SSSR count). The zero-order valence-corrected chi connectivity index (χ0v) is 6.66. The molecule has 0 aliphatic rings. The number of aryl methyl sites for hydroxylation is 1. The summed E-state index contributed by atoms with van der Waals surface area (Å²) in [6.45, 7) is 1.93. The van der Waals surface area contributed by atoms with Crippen molar-refractivity contribution in [3.63, 3.8) is 0 Å². The summed E-state index contributed by atoms with van der Waals surface area (Å²) in [6, 6.07) is 0. The average molecular weight is 223 g/mol. The lowest BCUT2D eigenvalue weighted by atomic mass is 10.6. The van der Waals surface area contributed by atoms with Crippen LogP contribution >= 0.6 is 22.6 Å². The molecule has 0 unspecified atom stereocenters. The van der Waals surface area contributed by atoms with Crippen LogP contribution in [0.3, 0.4) is 0 Å². The van der Waals surface area contributed by atoms with Crippen LogP contribution in [0.4, 0.5) is 0 Å². The number of rotatable bonds is 1. The smallest absolute Gasteiger partial charge is 0.112 e. The van der Waals surface area contributed by atoms with E-state index in [1.54, 1.807) is 11.0 Å². The minimum Gasteiger partial charge on any atom is -0.175 e. The van der Waals surface area contributed by atoms with Gasteiger partial charge in [0.1, 0.15) is 4.55 Å². The number of hydrogen-bond acceptors (Lipinski definition) is 2. The van der Waals surface area contributed by atoms with Crippen molar-refractivity contribution in [3.05, 3.63) is 11.9 Å². The molecule has 0 radical (unpaired) electrons. The van der Waals surface area contributed by atoms with E-state index in [1.807, 2.05) is 6.92 Å². The molecule has 0 fully saturated rings. The highest BCUT2D eigenvalue weighted by Gasteiger charge is 1.88. The predicted molar refractivity (Wildman–Crippen MR) is 38.8 cm³/mol. The van der Waals surface area contributed by atoms with Gasteiger partial charge in [-0.3, -0.25) is 0 Å². The number of aromatic nitrogens is 3. The number of hydrogen-bond donors (Lipinski definition) is 0. The Labute approximate surface area is 61.2 Å². The van der Waals surface area contributed by atoms with Gasteiger partial charge in [0.15, 0.2) is 0 Å². The van der Waals surface area contributed by atoms with Crippen LogP contribution in [0.5, 0.6) is 0 Å². The summed E-state index contributed by atoms with van der Waals surface area (Å²) in [4.78, 5) is 1.65. The molecule has 1 aromatic rings. The van der Waals surface area contributed by atoms with Crippen molar-refractivity contribution in [2.24, 2.45) is 0 Å². The highest BCUT2D eigenvalue weighted by molar-refractivity contribution is 14.1. The van der Waals surface area contributed by atoms with Gasteiger partial charge >= 0.3 is 0 Å². The Balaban J connectivity index is 2.84. The zero-order chi connectivity index (χ0) is 5.98. The Hall–Kier alpha value is -0.130. The number of nitrogens with zero attached hydrogens (tertiary/aromatic N) is 3. The van der Waals surface area contributed by atoms with Crippen molar-refractivity contribution >= 4 is 22.6 Å². The third-order valence-electron chi connectivity index (χ3n) is 0.758. The molecule has 0 bridgehead atoms. The highest BCUT2D eigenvalue weighted by atomic mass is 127. The first-order valence-corrected chi connectivity index (χ1v) is 3.78. The van der Waals surface area contributed by atoms with E-state index in [0.29, 0.717) is 0 Å². The largest absolute Gasteiger partial charge is 0.175 e. The van der Waals surface area contributed by atoms with Gasteiger partial charge in [0, 0.05) is 0 Å². The van der Waals surface area contributed by atoms with Gasteiger partial charge in [-0.1, -0.05) is 22.6 Å². The van der Waals surface area contributed by atoms with E-state index in [2.05, 4.69) is 32.8 Å². The molecule has 0 amide bonds.